The van der Waals surface area contributed by atoms with Gasteiger partial charge >= 0.3 is 5.97 Å². The Kier molecular flexibility index (Phi) is 5.39. The van der Waals surface area contributed by atoms with E-state index in [0.717, 1.165) is 31.3 Å². The van der Waals surface area contributed by atoms with Crippen LogP contribution in [0.4, 0.5) is 0 Å². The molecular formula is C15H26O3. The smallest absolute Gasteiger partial charge is 0.302 e. The van der Waals surface area contributed by atoms with Gasteiger partial charge in [0, 0.05) is 12.8 Å². The van der Waals surface area contributed by atoms with Gasteiger partial charge in [-0.2, -0.15) is 0 Å². The van der Waals surface area contributed by atoms with Crippen molar-refractivity contribution in [2.24, 2.45) is 11.3 Å². The first-order valence-corrected chi connectivity index (χ1v) is 6.93. The van der Waals surface area contributed by atoms with Gasteiger partial charge in [-0.05, 0) is 43.6 Å². The Morgan fingerprint density at radius 2 is 2.22 bits per heavy atom. The topological polar surface area (TPSA) is 46.5 Å². The monoisotopic (exact) mass is 254 g/mol. The number of esters is 1. The summed E-state index contributed by atoms with van der Waals surface area (Å²) < 4.78 is 5.48. The molecule has 0 radical (unpaired) electrons. The number of aliphatic hydroxyl groups excluding tert-OH is 1. The molecular weight excluding hydrogens is 228 g/mol. The quantitative estimate of drug-likeness (QED) is 0.619. The van der Waals surface area contributed by atoms with Crippen molar-refractivity contribution in [2.45, 2.75) is 59.5 Å². The number of allylic oxidation sites excluding steroid dienone is 1. The van der Waals surface area contributed by atoms with Gasteiger partial charge in [0.2, 0.25) is 0 Å². The first-order valence-electron chi connectivity index (χ1n) is 6.93. The average Bonchev–Trinajstić information content (AvgIpc) is 2.29. The summed E-state index contributed by atoms with van der Waals surface area (Å²) >= 11 is 0. The summed E-state index contributed by atoms with van der Waals surface area (Å²) in [6.07, 6.45) is 6.01. The molecule has 0 bridgehead atoms. The highest BCUT2D eigenvalue weighted by Crippen LogP contribution is 2.48. The molecule has 18 heavy (non-hydrogen) atoms. The number of ether oxygens (including phenoxy) is 1. The average molecular weight is 254 g/mol. The van der Waals surface area contributed by atoms with Crippen LogP contribution in [0.5, 0.6) is 0 Å². The number of carbonyl (C=O) groups excluding carboxylic acids is 1. The molecule has 3 nitrogen and oxygen atoms in total. The second-order valence-electron chi connectivity index (χ2n) is 5.44. The first-order chi connectivity index (χ1) is 8.49. The highest BCUT2D eigenvalue weighted by Gasteiger charge is 2.44. The summed E-state index contributed by atoms with van der Waals surface area (Å²) in [4.78, 5) is 11.2. The van der Waals surface area contributed by atoms with Crippen molar-refractivity contribution >= 4 is 5.97 Å². The first kappa shape index (κ1) is 15.2. The summed E-state index contributed by atoms with van der Waals surface area (Å²) in [5.41, 5.74) is 1.03. The molecule has 1 unspecified atom stereocenters. The van der Waals surface area contributed by atoms with Gasteiger partial charge < -0.3 is 9.84 Å². The predicted molar refractivity (Wildman–Crippen MR) is 72.1 cm³/mol. The fourth-order valence-corrected chi connectivity index (χ4v) is 3.54. The Morgan fingerprint density at radius 3 is 2.67 bits per heavy atom. The van der Waals surface area contributed by atoms with Gasteiger partial charge in [-0.3, -0.25) is 4.79 Å². The summed E-state index contributed by atoms with van der Waals surface area (Å²) in [6, 6.07) is 0. The third-order valence-electron chi connectivity index (χ3n) is 4.46. The van der Waals surface area contributed by atoms with E-state index in [1.807, 2.05) is 13.0 Å². The molecule has 0 heterocycles. The minimum atomic E-state index is -0.200. The zero-order chi connectivity index (χ0) is 13.8. The largest absolute Gasteiger partial charge is 0.462 e. The second-order valence-corrected chi connectivity index (χ2v) is 5.44. The zero-order valence-electron chi connectivity index (χ0n) is 12.0. The lowest BCUT2D eigenvalue weighted by Gasteiger charge is -2.46. The molecule has 0 spiro atoms. The lowest BCUT2D eigenvalue weighted by Crippen LogP contribution is -2.43. The number of carbonyl (C=O) groups is 1. The van der Waals surface area contributed by atoms with E-state index < -0.39 is 0 Å². The van der Waals surface area contributed by atoms with Crippen molar-refractivity contribution in [3.05, 3.63) is 11.6 Å². The van der Waals surface area contributed by atoms with E-state index in [-0.39, 0.29) is 24.1 Å². The van der Waals surface area contributed by atoms with Gasteiger partial charge in [0.25, 0.3) is 0 Å². The Bertz CT molecular complexity index is 322. The molecule has 3 atom stereocenters. The lowest BCUT2D eigenvalue weighted by atomic mass is 9.61. The van der Waals surface area contributed by atoms with Crippen LogP contribution >= 0.6 is 0 Å². The van der Waals surface area contributed by atoms with Crippen LogP contribution in [0, 0.1) is 11.3 Å². The van der Waals surface area contributed by atoms with Crippen molar-refractivity contribution < 1.29 is 14.6 Å². The van der Waals surface area contributed by atoms with Gasteiger partial charge in [0.15, 0.2) is 0 Å². The third-order valence-corrected chi connectivity index (χ3v) is 4.46. The van der Waals surface area contributed by atoms with Crippen molar-refractivity contribution in [1.82, 2.24) is 0 Å². The van der Waals surface area contributed by atoms with Gasteiger partial charge in [0.05, 0.1) is 6.61 Å². The highest BCUT2D eigenvalue weighted by molar-refractivity contribution is 5.66. The van der Waals surface area contributed by atoms with Crippen LogP contribution < -0.4 is 0 Å². The van der Waals surface area contributed by atoms with E-state index in [0.29, 0.717) is 5.92 Å². The molecule has 0 aromatic carbocycles. The Morgan fingerprint density at radius 1 is 1.56 bits per heavy atom. The fourth-order valence-electron chi connectivity index (χ4n) is 3.54. The van der Waals surface area contributed by atoms with Crippen LogP contribution in [0.1, 0.15) is 53.4 Å². The third kappa shape index (κ3) is 2.94. The molecule has 0 saturated heterocycles. The predicted octanol–water partition coefficient (Wildman–Crippen LogP) is 3.07. The molecule has 3 heteroatoms. The molecule has 0 aliphatic heterocycles. The van der Waals surface area contributed by atoms with Gasteiger partial charge in [0.1, 0.15) is 6.10 Å². The van der Waals surface area contributed by atoms with Crippen LogP contribution in [0.2, 0.25) is 0 Å². The maximum Gasteiger partial charge on any atom is 0.302 e. The number of rotatable bonds is 4. The Labute approximate surface area is 110 Å². The molecule has 1 rings (SSSR count). The molecule has 104 valence electrons. The summed E-state index contributed by atoms with van der Waals surface area (Å²) in [5.74, 6) is 0.0993. The van der Waals surface area contributed by atoms with Crippen molar-refractivity contribution in [3.8, 4) is 0 Å². The van der Waals surface area contributed by atoms with Crippen molar-refractivity contribution in [3.63, 3.8) is 0 Å². The zero-order valence-corrected chi connectivity index (χ0v) is 12.0. The van der Waals surface area contributed by atoms with Gasteiger partial charge in [-0.1, -0.05) is 19.9 Å². The molecule has 1 N–H and O–H groups in total. The standard InChI is InChI=1S/C15H26O3/c1-5-12(10-16)15(4)9-7-8-14(13(15)6-2)18-11(3)17/h5,13-14,16H,6-10H2,1-4H3/b12-5+/t13?,14-,15+/m0/s1. The minimum absolute atomic E-state index is 0.00671. The normalized spacial score (nSPS) is 33.3. The highest BCUT2D eigenvalue weighted by atomic mass is 16.5. The molecule has 0 aromatic heterocycles. The maximum atomic E-state index is 11.2. The van der Waals surface area contributed by atoms with Crippen LogP contribution in [0.3, 0.4) is 0 Å². The number of hydrogen-bond acceptors (Lipinski definition) is 3. The van der Waals surface area contributed by atoms with E-state index in [4.69, 9.17) is 4.74 Å². The van der Waals surface area contributed by atoms with Crippen molar-refractivity contribution in [1.29, 1.82) is 0 Å². The SMILES string of the molecule is C/C=C(\CO)[C@@]1(C)CCC[C@H](OC(C)=O)C1CC. The van der Waals surface area contributed by atoms with Crippen LogP contribution in [0.15, 0.2) is 11.6 Å². The number of aliphatic hydroxyl groups is 1. The van der Waals surface area contributed by atoms with E-state index in [1.165, 1.54) is 6.92 Å². The summed E-state index contributed by atoms with van der Waals surface area (Å²) in [6.45, 7) is 7.87. The minimum Gasteiger partial charge on any atom is -0.462 e. The van der Waals surface area contributed by atoms with E-state index in [2.05, 4.69) is 13.8 Å². The van der Waals surface area contributed by atoms with E-state index in [1.54, 1.807) is 0 Å². The maximum absolute atomic E-state index is 11.2. The molecule has 0 aromatic rings. The second kappa shape index (κ2) is 6.37. The molecule has 0 amide bonds. The molecule has 1 aliphatic rings. The summed E-state index contributed by atoms with van der Waals surface area (Å²) in [7, 11) is 0. The number of hydrogen-bond donors (Lipinski definition) is 1. The summed E-state index contributed by atoms with van der Waals surface area (Å²) in [5, 5.41) is 9.55. The van der Waals surface area contributed by atoms with E-state index in [9.17, 15) is 9.90 Å². The van der Waals surface area contributed by atoms with Crippen LogP contribution in [-0.4, -0.2) is 23.8 Å². The van der Waals surface area contributed by atoms with Crippen molar-refractivity contribution in [2.75, 3.05) is 6.61 Å². The lowest BCUT2D eigenvalue weighted by molar-refractivity contribution is -0.154. The Balaban J connectivity index is 2.99. The molecule has 1 saturated carbocycles. The van der Waals surface area contributed by atoms with Gasteiger partial charge in [-0.25, -0.2) is 0 Å². The van der Waals surface area contributed by atoms with E-state index >= 15 is 0 Å². The fraction of sp³-hybridized carbons (Fsp3) is 0.800. The van der Waals surface area contributed by atoms with Crippen LogP contribution in [-0.2, 0) is 9.53 Å². The van der Waals surface area contributed by atoms with Gasteiger partial charge in [-0.15, -0.1) is 0 Å². The molecule has 1 aliphatic carbocycles. The van der Waals surface area contributed by atoms with Crippen LogP contribution in [0.25, 0.3) is 0 Å². The molecule has 1 fully saturated rings. The Hall–Kier alpha value is -0.830.